The maximum Gasteiger partial charge on any atom is 0.244 e. The minimum absolute atomic E-state index is 0. The molecule has 32 heavy (non-hydrogen) atoms. The number of rotatable bonds is 10. The Morgan fingerprint density at radius 3 is 2.50 bits per heavy atom. The number of amides is 1. The normalized spacial score (nSPS) is 18.4. The maximum atomic E-state index is 12.7. The number of likely N-dealkylation sites (tertiary alicyclic amines) is 1. The van der Waals surface area contributed by atoms with Crippen molar-refractivity contribution in [3.05, 3.63) is 35.9 Å². The lowest BCUT2D eigenvalue weighted by molar-refractivity contribution is -0.130. The number of hydrogen-bond donors (Lipinski definition) is 2. The Labute approximate surface area is 211 Å². The molecule has 2 aliphatic rings. The molecule has 180 valence electrons. The highest BCUT2D eigenvalue weighted by Crippen LogP contribution is 2.43. The second kappa shape index (κ2) is 14.0. The molecule has 1 saturated carbocycles. The van der Waals surface area contributed by atoms with Gasteiger partial charge in [0, 0.05) is 39.9 Å². The largest absolute Gasteiger partial charge is 0.385 e. The molecule has 0 spiro atoms. The summed E-state index contributed by atoms with van der Waals surface area (Å²) in [6.07, 6.45) is 8.10. The first-order chi connectivity index (χ1) is 15.1. The molecule has 6 nitrogen and oxygen atoms in total. The summed E-state index contributed by atoms with van der Waals surface area (Å²) < 4.78 is 5.29. The molecule has 0 aromatic heterocycles. The van der Waals surface area contributed by atoms with E-state index in [9.17, 15) is 4.79 Å². The summed E-state index contributed by atoms with van der Waals surface area (Å²) in [6.45, 7) is 6.43. The van der Waals surface area contributed by atoms with Crippen LogP contribution in [0.15, 0.2) is 35.3 Å². The number of piperidine rings is 1. The van der Waals surface area contributed by atoms with Gasteiger partial charge in [-0.1, -0.05) is 36.8 Å². The van der Waals surface area contributed by atoms with Crippen LogP contribution in [0.4, 0.5) is 0 Å². The van der Waals surface area contributed by atoms with Crippen molar-refractivity contribution < 1.29 is 9.53 Å². The van der Waals surface area contributed by atoms with E-state index in [4.69, 9.17) is 4.74 Å². The van der Waals surface area contributed by atoms with E-state index >= 15 is 0 Å². The fourth-order valence-corrected chi connectivity index (χ4v) is 4.70. The summed E-state index contributed by atoms with van der Waals surface area (Å²) >= 11 is 0. The number of hydrogen-bond acceptors (Lipinski definition) is 3. The Morgan fingerprint density at radius 2 is 1.91 bits per heavy atom. The minimum atomic E-state index is 0. The highest BCUT2D eigenvalue weighted by molar-refractivity contribution is 14.0. The van der Waals surface area contributed by atoms with Crippen LogP contribution in [0.3, 0.4) is 0 Å². The molecule has 1 aliphatic carbocycles. The Hall–Kier alpha value is -1.35. The Balaban J connectivity index is 0.00000363. The third kappa shape index (κ3) is 8.21. The van der Waals surface area contributed by atoms with Crippen molar-refractivity contribution >= 4 is 35.8 Å². The monoisotopic (exact) mass is 556 g/mol. The van der Waals surface area contributed by atoms with Crippen molar-refractivity contribution in [3.63, 3.8) is 0 Å². The number of guanidine groups is 1. The lowest BCUT2D eigenvalue weighted by atomic mass is 9.67. The number of benzene rings is 1. The molecule has 0 unspecified atom stereocenters. The van der Waals surface area contributed by atoms with E-state index < -0.39 is 0 Å². The summed E-state index contributed by atoms with van der Waals surface area (Å²) in [6, 6.07) is 10.7. The fourth-order valence-electron chi connectivity index (χ4n) is 4.70. The zero-order valence-electron chi connectivity index (χ0n) is 19.8. The van der Waals surface area contributed by atoms with Crippen molar-refractivity contribution in [2.45, 2.75) is 51.9 Å². The zero-order chi connectivity index (χ0) is 21.9. The number of halogens is 1. The van der Waals surface area contributed by atoms with Gasteiger partial charge in [0.2, 0.25) is 5.91 Å². The van der Waals surface area contributed by atoms with Crippen LogP contribution in [0.1, 0.15) is 51.0 Å². The average Bonchev–Trinajstić information content (AvgIpc) is 2.77. The van der Waals surface area contributed by atoms with Crippen LogP contribution in [0.2, 0.25) is 0 Å². The second-order valence-corrected chi connectivity index (χ2v) is 9.16. The van der Waals surface area contributed by atoms with E-state index in [1.807, 2.05) is 4.90 Å². The molecule has 1 aromatic rings. The summed E-state index contributed by atoms with van der Waals surface area (Å²) in [4.78, 5) is 19.3. The standard InChI is InChI=1S/C25H40N4O2.HI/c1-3-26-24(28-20-25(12-7-13-25)14-17-31-2)27-19-23(30)29-15-10-22(11-16-29)18-21-8-5-4-6-9-21;/h4-6,8-9,22H,3,7,10-20H2,1-2H3,(H2,26,27,28);1H. The van der Waals surface area contributed by atoms with E-state index in [-0.39, 0.29) is 36.4 Å². The van der Waals surface area contributed by atoms with Gasteiger partial charge < -0.3 is 20.3 Å². The third-order valence-electron chi connectivity index (χ3n) is 6.93. The van der Waals surface area contributed by atoms with Gasteiger partial charge in [0.05, 0.1) is 0 Å². The van der Waals surface area contributed by atoms with E-state index in [1.165, 1.54) is 24.8 Å². The first-order valence-electron chi connectivity index (χ1n) is 12.0. The number of aliphatic imine (C=N–C) groups is 1. The molecule has 7 heteroatoms. The fraction of sp³-hybridized carbons (Fsp3) is 0.680. The Morgan fingerprint density at radius 1 is 1.19 bits per heavy atom. The SMILES string of the molecule is CCNC(=NCC(=O)N1CCC(Cc2ccccc2)CC1)NCC1(CCOC)CCC1.I. The average molecular weight is 557 g/mol. The van der Waals surface area contributed by atoms with Crippen LogP contribution in [0.25, 0.3) is 0 Å². The molecular weight excluding hydrogens is 515 g/mol. The summed E-state index contributed by atoms with van der Waals surface area (Å²) in [5.41, 5.74) is 1.71. The highest BCUT2D eigenvalue weighted by atomic mass is 127. The van der Waals surface area contributed by atoms with Crippen molar-refractivity contribution in [1.29, 1.82) is 0 Å². The number of carbonyl (C=O) groups excluding carboxylic acids is 1. The topological polar surface area (TPSA) is 66.0 Å². The number of ether oxygens (including phenoxy) is 1. The van der Waals surface area contributed by atoms with E-state index in [2.05, 4.69) is 52.9 Å². The van der Waals surface area contributed by atoms with Gasteiger partial charge in [-0.2, -0.15) is 0 Å². The lowest BCUT2D eigenvalue weighted by Gasteiger charge is -2.42. The van der Waals surface area contributed by atoms with Gasteiger partial charge in [0.25, 0.3) is 0 Å². The molecule has 3 rings (SSSR count). The predicted octanol–water partition coefficient (Wildman–Crippen LogP) is 3.85. The van der Waals surface area contributed by atoms with Gasteiger partial charge in [0.15, 0.2) is 5.96 Å². The Kier molecular flexibility index (Phi) is 11.8. The van der Waals surface area contributed by atoms with Crippen molar-refractivity contribution in [2.24, 2.45) is 16.3 Å². The van der Waals surface area contributed by atoms with Crippen molar-refractivity contribution in [3.8, 4) is 0 Å². The highest BCUT2D eigenvalue weighted by Gasteiger charge is 2.36. The summed E-state index contributed by atoms with van der Waals surface area (Å²) in [5.74, 6) is 1.55. The van der Waals surface area contributed by atoms with E-state index in [0.29, 0.717) is 11.3 Å². The molecule has 0 radical (unpaired) electrons. The molecule has 1 aromatic carbocycles. The van der Waals surface area contributed by atoms with E-state index in [0.717, 1.165) is 64.4 Å². The molecular formula is C25H41IN4O2. The van der Waals surface area contributed by atoms with Crippen LogP contribution in [-0.4, -0.2) is 63.2 Å². The van der Waals surface area contributed by atoms with Gasteiger partial charge in [-0.15, -0.1) is 24.0 Å². The van der Waals surface area contributed by atoms with Crippen LogP contribution in [-0.2, 0) is 16.0 Å². The maximum absolute atomic E-state index is 12.7. The summed E-state index contributed by atoms with van der Waals surface area (Å²) in [5, 5.41) is 6.77. The van der Waals surface area contributed by atoms with Gasteiger partial charge in [0.1, 0.15) is 6.54 Å². The lowest BCUT2D eigenvalue weighted by Crippen LogP contribution is -2.47. The predicted molar refractivity (Wildman–Crippen MR) is 142 cm³/mol. The molecule has 2 N–H and O–H groups in total. The molecule has 0 atom stereocenters. The van der Waals surface area contributed by atoms with Gasteiger partial charge >= 0.3 is 0 Å². The van der Waals surface area contributed by atoms with Gasteiger partial charge in [-0.25, -0.2) is 4.99 Å². The number of carbonyl (C=O) groups is 1. The van der Waals surface area contributed by atoms with Crippen molar-refractivity contribution in [1.82, 2.24) is 15.5 Å². The van der Waals surface area contributed by atoms with Crippen molar-refractivity contribution in [2.75, 3.05) is 46.4 Å². The van der Waals surface area contributed by atoms with Gasteiger partial charge in [-0.05, 0) is 62.3 Å². The first-order valence-corrected chi connectivity index (χ1v) is 12.0. The smallest absolute Gasteiger partial charge is 0.244 e. The molecule has 2 fully saturated rings. The van der Waals surface area contributed by atoms with Crippen LogP contribution < -0.4 is 10.6 Å². The summed E-state index contributed by atoms with van der Waals surface area (Å²) in [7, 11) is 1.77. The molecule has 1 amide bonds. The van der Waals surface area contributed by atoms with Gasteiger partial charge in [-0.3, -0.25) is 4.79 Å². The number of methoxy groups -OCH3 is 1. The number of nitrogens with zero attached hydrogens (tertiary/aromatic N) is 2. The van der Waals surface area contributed by atoms with Crippen LogP contribution in [0.5, 0.6) is 0 Å². The van der Waals surface area contributed by atoms with Crippen LogP contribution in [0, 0.1) is 11.3 Å². The quantitative estimate of drug-likeness (QED) is 0.261. The van der Waals surface area contributed by atoms with E-state index in [1.54, 1.807) is 7.11 Å². The molecule has 1 saturated heterocycles. The minimum Gasteiger partial charge on any atom is -0.385 e. The number of nitrogens with one attached hydrogen (secondary N) is 2. The molecule has 0 bridgehead atoms. The second-order valence-electron chi connectivity index (χ2n) is 9.16. The Bertz CT molecular complexity index is 701. The zero-order valence-corrected chi connectivity index (χ0v) is 22.1. The molecule has 1 heterocycles. The molecule has 1 aliphatic heterocycles. The first kappa shape index (κ1) is 26.9. The van der Waals surface area contributed by atoms with Crippen LogP contribution >= 0.6 is 24.0 Å². The third-order valence-corrected chi connectivity index (χ3v) is 6.93.